The van der Waals surface area contributed by atoms with Crippen molar-refractivity contribution in [2.24, 2.45) is 0 Å². The molecule has 2 aromatic rings. The lowest BCUT2D eigenvalue weighted by Gasteiger charge is -2.10. The summed E-state index contributed by atoms with van der Waals surface area (Å²) in [6.07, 6.45) is 2.64. The molecular formula is C18H19BrN2O3S. The Bertz CT molecular complexity index is 891. The van der Waals surface area contributed by atoms with Gasteiger partial charge in [-0.25, -0.2) is 13.1 Å². The van der Waals surface area contributed by atoms with E-state index in [4.69, 9.17) is 0 Å². The van der Waals surface area contributed by atoms with Crippen molar-refractivity contribution in [3.63, 3.8) is 0 Å². The molecule has 1 aliphatic carbocycles. The highest BCUT2D eigenvalue weighted by Crippen LogP contribution is 2.25. The minimum Gasteiger partial charge on any atom is -0.322 e. The van der Waals surface area contributed by atoms with Gasteiger partial charge in [-0.3, -0.25) is 4.79 Å². The number of nitrogens with one attached hydrogen (secondary N) is 2. The van der Waals surface area contributed by atoms with Gasteiger partial charge in [-0.2, -0.15) is 0 Å². The molecule has 2 aromatic carbocycles. The van der Waals surface area contributed by atoms with E-state index in [1.165, 1.54) is 17.7 Å². The van der Waals surface area contributed by atoms with E-state index in [2.05, 4.69) is 32.9 Å². The zero-order valence-corrected chi connectivity index (χ0v) is 16.2. The Morgan fingerprint density at radius 3 is 2.44 bits per heavy atom. The van der Waals surface area contributed by atoms with Crippen molar-refractivity contribution in [1.29, 1.82) is 0 Å². The van der Waals surface area contributed by atoms with Crippen LogP contribution in [0.2, 0.25) is 0 Å². The van der Waals surface area contributed by atoms with Crippen LogP contribution in [0.4, 0.5) is 5.69 Å². The molecule has 0 bridgehead atoms. The van der Waals surface area contributed by atoms with Crippen LogP contribution < -0.4 is 10.0 Å². The van der Waals surface area contributed by atoms with Crippen LogP contribution in [-0.4, -0.2) is 20.4 Å². The minimum absolute atomic E-state index is 0.0167. The summed E-state index contributed by atoms with van der Waals surface area (Å²) in [5, 5.41) is 2.80. The predicted octanol–water partition coefficient (Wildman–Crippen LogP) is 3.70. The zero-order chi connectivity index (χ0) is 18.0. The Morgan fingerprint density at radius 2 is 1.84 bits per heavy atom. The van der Waals surface area contributed by atoms with Crippen LogP contribution in [0.5, 0.6) is 0 Å². The molecular weight excluding hydrogens is 404 g/mol. The molecule has 1 amide bonds. The average molecular weight is 423 g/mol. The van der Waals surface area contributed by atoms with Gasteiger partial charge in [0, 0.05) is 16.2 Å². The monoisotopic (exact) mass is 422 g/mol. The third-order valence-electron chi connectivity index (χ3n) is 4.01. The van der Waals surface area contributed by atoms with Gasteiger partial charge in [0.1, 0.15) is 0 Å². The maximum Gasteiger partial charge on any atom is 0.256 e. The molecule has 5 nitrogen and oxygen atoms in total. The highest BCUT2D eigenvalue weighted by atomic mass is 79.9. The fourth-order valence-electron chi connectivity index (χ4n) is 2.36. The first-order valence-electron chi connectivity index (χ1n) is 8.11. The highest BCUT2D eigenvalue weighted by Gasteiger charge is 2.28. The number of amides is 1. The van der Waals surface area contributed by atoms with Crippen LogP contribution in [0.15, 0.2) is 51.8 Å². The molecule has 0 aromatic heterocycles. The van der Waals surface area contributed by atoms with Crippen LogP contribution in [0.1, 0.15) is 35.7 Å². The molecule has 0 unspecified atom stereocenters. The van der Waals surface area contributed by atoms with E-state index >= 15 is 0 Å². The molecule has 3 rings (SSSR count). The summed E-state index contributed by atoms with van der Waals surface area (Å²) in [4.78, 5) is 12.6. The van der Waals surface area contributed by atoms with Crippen molar-refractivity contribution in [3.05, 3.63) is 58.1 Å². The molecule has 0 aliphatic heterocycles. The molecule has 0 heterocycles. The fourth-order valence-corrected chi connectivity index (χ4v) is 4.11. The van der Waals surface area contributed by atoms with Gasteiger partial charge in [0.25, 0.3) is 5.91 Å². The lowest BCUT2D eigenvalue weighted by atomic mass is 10.1. The summed E-state index contributed by atoms with van der Waals surface area (Å²) in [6.45, 7) is 2.06. The number of carbonyl (C=O) groups excluding carboxylic acids is 1. The van der Waals surface area contributed by atoms with Gasteiger partial charge in [-0.15, -0.1) is 0 Å². The van der Waals surface area contributed by atoms with Gasteiger partial charge >= 0.3 is 0 Å². The first kappa shape index (κ1) is 18.1. The molecule has 2 N–H and O–H groups in total. The van der Waals surface area contributed by atoms with Crippen LogP contribution >= 0.6 is 15.9 Å². The third-order valence-corrected chi connectivity index (χ3v) is 6.22. The average Bonchev–Trinajstić information content (AvgIpc) is 3.39. The van der Waals surface area contributed by atoms with E-state index in [0.29, 0.717) is 10.2 Å². The molecule has 1 saturated carbocycles. The number of anilines is 1. The Hall–Kier alpha value is -1.70. The normalized spacial score (nSPS) is 14.3. The van der Waals surface area contributed by atoms with E-state index in [1.807, 2.05) is 24.3 Å². The van der Waals surface area contributed by atoms with Gasteiger partial charge in [0.2, 0.25) is 10.0 Å². The smallest absolute Gasteiger partial charge is 0.256 e. The number of hydrogen-bond donors (Lipinski definition) is 2. The Kier molecular flexibility index (Phi) is 5.27. The number of hydrogen-bond acceptors (Lipinski definition) is 3. The topological polar surface area (TPSA) is 75.3 Å². The van der Waals surface area contributed by atoms with Gasteiger partial charge in [0.05, 0.1) is 10.5 Å². The van der Waals surface area contributed by atoms with Crippen molar-refractivity contribution < 1.29 is 13.2 Å². The Balaban J connectivity index is 1.82. The van der Waals surface area contributed by atoms with Crippen LogP contribution in [0, 0.1) is 0 Å². The maximum absolute atomic E-state index is 12.5. The number of benzene rings is 2. The molecule has 132 valence electrons. The lowest BCUT2D eigenvalue weighted by molar-refractivity contribution is 0.102. The second-order valence-electron chi connectivity index (χ2n) is 6.04. The van der Waals surface area contributed by atoms with E-state index in [0.717, 1.165) is 19.3 Å². The van der Waals surface area contributed by atoms with Crippen LogP contribution in [-0.2, 0) is 16.4 Å². The largest absolute Gasteiger partial charge is 0.322 e. The highest BCUT2D eigenvalue weighted by molar-refractivity contribution is 9.10. The Morgan fingerprint density at radius 1 is 1.16 bits per heavy atom. The number of aryl methyl sites for hydroxylation is 1. The number of carbonyl (C=O) groups is 1. The zero-order valence-electron chi connectivity index (χ0n) is 13.8. The van der Waals surface area contributed by atoms with E-state index in [1.54, 1.807) is 6.07 Å². The second kappa shape index (κ2) is 7.27. The molecule has 0 saturated heterocycles. The first-order valence-corrected chi connectivity index (χ1v) is 10.4. The van der Waals surface area contributed by atoms with Crippen molar-refractivity contribution >= 4 is 37.5 Å². The van der Waals surface area contributed by atoms with Gasteiger partial charge in [-0.1, -0.05) is 19.1 Å². The molecule has 0 radical (unpaired) electrons. The van der Waals surface area contributed by atoms with E-state index in [9.17, 15) is 13.2 Å². The molecule has 0 spiro atoms. The molecule has 7 heteroatoms. The maximum atomic E-state index is 12.5. The summed E-state index contributed by atoms with van der Waals surface area (Å²) < 4.78 is 27.8. The lowest BCUT2D eigenvalue weighted by Crippen LogP contribution is -2.26. The summed E-state index contributed by atoms with van der Waals surface area (Å²) >= 11 is 3.32. The van der Waals surface area contributed by atoms with Crippen LogP contribution in [0.25, 0.3) is 0 Å². The molecule has 1 fully saturated rings. The molecule has 1 aliphatic rings. The third kappa shape index (κ3) is 4.48. The minimum atomic E-state index is -3.60. The van der Waals surface area contributed by atoms with Gasteiger partial charge < -0.3 is 5.32 Å². The molecule has 25 heavy (non-hydrogen) atoms. The summed E-state index contributed by atoms with van der Waals surface area (Å²) in [5.74, 6) is -0.361. The molecule has 0 atom stereocenters. The SMILES string of the molecule is CCc1ccc(NC(=O)c2cc(S(=O)(=O)NC3CC3)ccc2Br)cc1. The number of rotatable bonds is 6. The number of sulfonamides is 1. The van der Waals surface area contributed by atoms with Crippen molar-refractivity contribution in [3.8, 4) is 0 Å². The standard InChI is InChI=1S/C18H19BrN2O3S/c1-2-12-3-5-13(6-4-12)20-18(22)16-11-15(9-10-17(16)19)25(23,24)21-14-7-8-14/h3-6,9-11,14,21H,2,7-8H2,1H3,(H,20,22). The van der Waals surface area contributed by atoms with Gasteiger partial charge in [0.15, 0.2) is 0 Å². The van der Waals surface area contributed by atoms with E-state index in [-0.39, 0.29) is 22.4 Å². The van der Waals surface area contributed by atoms with Crippen molar-refractivity contribution in [2.75, 3.05) is 5.32 Å². The summed E-state index contributed by atoms with van der Waals surface area (Å²) in [5.41, 5.74) is 2.12. The predicted molar refractivity (Wildman–Crippen MR) is 101 cm³/mol. The first-order chi connectivity index (χ1) is 11.9. The summed E-state index contributed by atoms with van der Waals surface area (Å²) in [7, 11) is -3.60. The Labute approximate surface area is 156 Å². The quantitative estimate of drug-likeness (QED) is 0.744. The second-order valence-corrected chi connectivity index (χ2v) is 8.61. The van der Waals surface area contributed by atoms with Crippen LogP contribution in [0.3, 0.4) is 0 Å². The summed E-state index contributed by atoms with van der Waals surface area (Å²) in [6, 6.07) is 12.0. The van der Waals surface area contributed by atoms with E-state index < -0.39 is 10.0 Å². The number of halogens is 1. The van der Waals surface area contributed by atoms with Crippen molar-refractivity contribution in [2.45, 2.75) is 37.1 Å². The van der Waals surface area contributed by atoms with Gasteiger partial charge in [-0.05, 0) is 71.1 Å². The fraction of sp³-hybridized carbons (Fsp3) is 0.278. The van der Waals surface area contributed by atoms with Crippen molar-refractivity contribution in [1.82, 2.24) is 4.72 Å².